The molecule has 0 aromatic heterocycles. The van der Waals surface area contributed by atoms with E-state index in [9.17, 15) is 14.4 Å². The molecular weight excluding hydrogens is 564 g/mol. The predicted molar refractivity (Wildman–Crippen MR) is 194 cm³/mol. The lowest BCUT2D eigenvalue weighted by atomic mass is 9.64. The number of Topliss-reactive ketones (excluding diaryl/α,β-unsaturated/α-hetero) is 3. The fourth-order valence-electron chi connectivity index (χ4n) is 6.40. The van der Waals surface area contributed by atoms with E-state index < -0.39 is 0 Å². The second-order valence-corrected chi connectivity index (χ2v) is 19.7. The van der Waals surface area contributed by atoms with Crippen LogP contribution < -0.4 is 0 Å². The first-order valence-corrected chi connectivity index (χ1v) is 17.0. The highest BCUT2D eigenvalue weighted by Crippen LogP contribution is 2.49. The van der Waals surface area contributed by atoms with Crippen molar-refractivity contribution in [2.24, 2.45) is 38.4 Å². The molecule has 0 fully saturated rings. The van der Waals surface area contributed by atoms with E-state index in [-0.39, 0.29) is 55.8 Å². The maximum atomic E-state index is 14.1. The van der Waals surface area contributed by atoms with Gasteiger partial charge in [0.05, 0.1) is 17.7 Å². The molecule has 46 heavy (non-hydrogen) atoms. The highest BCUT2D eigenvalue weighted by molar-refractivity contribution is 6.13. The normalized spacial score (nSPS) is 19.8. The predicted octanol–water partition coefficient (Wildman–Crippen LogP) is 11.1. The minimum atomic E-state index is -0.383. The van der Waals surface area contributed by atoms with E-state index in [1.165, 1.54) is 0 Å². The molecule has 0 aromatic rings. The summed E-state index contributed by atoms with van der Waals surface area (Å²) in [4.78, 5) is 42.2. The minimum absolute atomic E-state index is 0.0828. The third kappa shape index (κ3) is 7.61. The number of allylic oxidation sites excluding steroid dienone is 14. The first-order chi connectivity index (χ1) is 20.4. The van der Waals surface area contributed by atoms with E-state index in [0.717, 1.165) is 50.5 Å². The minimum Gasteiger partial charge on any atom is -0.289 e. The van der Waals surface area contributed by atoms with E-state index in [1.807, 2.05) is 0 Å². The fraction of sp³-hybridized carbons (Fsp3) is 0.581. The Kier molecular flexibility index (Phi) is 9.49. The van der Waals surface area contributed by atoms with Crippen molar-refractivity contribution in [1.29, 1.82) is 0 Å². The average molecular weight is 626 g/mol. The molecule has 3 aliphatic carbocycles. The number of carbonyl (C=O) groups is 3. The van der Waals surface area contributed by atoms with Gasteiger partial charge in [-0.3, -0.25) is 14.4 Å². The Morgan fingerprint density at radius 1 is 0.500 bits per heavy atom. The Bertz CT molecular complexity index is 1470. The fourth-order valence-corrected chi connectivity index (χ4v) is 6.40. The summed E-state index contributed by atoms with van der Waals surface area (Å²) in [7, 11) is 0. The maximum absolute atomic E-state index is 14.1. The van der Waals surface area contributed by atoms with Crippen LogP contribution in [0.4, 0.5) is 0 Å². The van der Waals surface area contributed by atoms with Crippen molar-refractivity contribution in [3.05, 3.63) is 87.0 Å². The van der Waals surface area contributed by atoms with Crippen molar-refractivity contribution in [2.45, 2.75) is 125 Å². The van der Waals surface area contributed by atoms with Gasteiger partial charge < -0.3 is 0 Å². The zero-order valence-corrected chi connectivity index (χ0v) is 32.3. The van der Waals surface area contributed by atoms with Crippen molar-refractivity contribution in [1.82, 2.24) is 0 Å². The summed E-state index contributed by atoms with van der Waals surface area (Å²) in [6.45, 7) is 37.7. The Hall–Kier alpha value is -2.94. The summed E-state index contributed by atoms with van der Waals surface area (Å²) in [5.74, 6) is 0.778. The van der Waals surface area contributed by atoms with Crippen molar-refractivity contribution in [3.8, 4) is 0 Å². The van der Waals surface area contributed by atoms with E-state index in [0.29, 0.717) is 0 Å². The van der Waals surface area contributed by atoms with Crippen molar-refractivity contribution in [2.75, 3.05) is 0 Å². The molecular formula is C43H61O3+. The molecule has 0 aliphatic heterocycles. The first kappa shape index (κ1) is 37.5. The van der Waals surface area contributed by atoms with E-state index in [4.69, 9.17) is 0 Å². The molecule has 0 spiro atoms. The molecule has 0 amide bonds. The maximum Gasteiger partial charge on any atom is 0.291 e. The first-order valence-electron chi connectivity index (χ1n) is 17.0. The quantitative estimate of drug-likeness (QED) is 0.287. The molecule has 0 heterocycles. The van der Waals surface area contributed by atoms with Crippen LogP contribution >= 0.6 is 0 Å². The van der Waals surface area contributed by atoms with Crippen LogP contribution in [0.3, 0.4) is 0 Å². The third-order valence-corrected chi connectivity index (χ3v) is 9.16. The second-order valence-electron chi connectivity index (χ2n) is 19.7. The Morgan fingerprint density at radius 2 is 0.848 bits per heavy atom. The Morgan fingerprint density at radius 3 is 1.17 bits per heavy atom. The van der Waals surface area contributed by atoms with Crippen LogP contribution in [0.2, 0.25) is 0 Å². The lowest BCUT2D eigenvalue weighted by molar-refractivity contribution is -0.116. The van der Waals surface area contributed by atoms with Gasteiger partial charge in [-0.1, -0.05) is 95.2 Å². The van der Waals surface area contributed by atoms with Crippen LogP contribution in [0.1, 0.15) is 125 Å². The van der Waals surface area contributed by atoms with E-state index in [1.54, 1.807) is 0 Å². The van der Waals surface area contributed by atoms with Gasteiger partial charge >= 0.3 is 0 Å². The number of hydrogen-bond acceptors (Lipinski definition) is 3. The van der Waals surface area contributed by atoms with E-state index in [2.05, 4.69) is 161 Å². The Labute approximate surface area is 281 Å². The third-order valence-electron chi connectivity index (χ3n) is 9.16. The van der Waals surface area contributed by atoms with Gasteiger partial charge in [0.1, 0.15) is 11.5 Å². The molecule has 3 nitrogen and oxygen atoms in total. The Balaban J connectivity index is 2.67. The summed E-state index contributed by atoms with van der Waals surface area (Å²) < 4.78 is 0. The van der Waals surface area contributed by atoms with Crippen LogP contribution in [-0.4, -0.2) is 17.3 Å². The lowest BCUT2D eigenvalue weighted by Gasteiger charge is -2.35. The highest BCUT2D eigenvalue weighted by atomic mass is 16.1. The van der Waals surface area contributed by atoms with Crippen LogP contribution in [0, 0.1) is 44.3 Å². The lowest BCUT2D eigenvalue weighted by Crippen LogP contribution is -2.34. The van der Waals surface area contributed by atoms with Crippen molar-refractivity contribution >= 4 is 17.3 Å². The SMILES string of the molecule is CC(C)(C)C1=CC(=C(C2=C[C+](C(C)(C)C)C(=O)C(C(C)(C)C)=C2)C2C=C(C(C)(C)C)C(=O)C(C(C)(C)C)=C2)C=C(C(C)(C)C)C1=O. The molecule has 0 unspecified atom stereocenters. The van der Waals surface area contributed by atoms with Crippen LogP contribution in [0.5, 0.6) is 0 Å². The number of carbonyl (C=O) groups excluding carboxylic acids is 3. The van der Waals surface area contributed by atoms with Crippen molar-refractivity contribution < 1.29 is 14.4 Å². The highest BCUT2D eigenvalue weighted by Gasteiger charge is 2.47. The van der Waals surface area contributed by atoms with Crippen LogP contribution in [0.25, 0.3) is 0 Å². The molecule has 3 aliphatic rings. The standard InChI is InChI=1S/C43H61O3/c1-38(2,3)28-19-25(20-29(35(28)44)39(4,5)6)34(26-21-30(40(7,8)9)36(45)31(22-26)41(10,11)12)27-23-32(42(13,14)15)37(46)33(24-27)43(16,17)18/h19-25H,1-18H3/q+1. The van der Waals surface area contributed by atoms with Gasteiger partial charge in [-0.15, -0.1) is 0 Å². The summed E-state index contributed by atoms with van der Waals surface area (Å²) >= 11 is 0. The zero-order valence-electron chi connectivity index (χ0n) is 32.3. The van der Waals surface area contributed by atoms with Gasteiger partial charge in [0, 0.05) is 44.6 Å². The summed E-state index contributed by atoms with van der Waals surface area (Å²) in [6.07, 6.45) is 12.6. The summed E-state index contributed by atoms with van der Waals surface area (Å²) in [5.41, 5.74) is 4.56. The molecule has 250 valence electrons. The van der Waals surface area contributed by atoms with Gasteiger partial charge in [-0.25, -0.2) is 0 Å². The van der Waals surface area contributed by atoms with Gasteiger partial charge in [-0.2, -0.15) is 0 Å². The van der Waals surface area contributed by atoms with Gasteiger partial charge in [0.25, 0.3) is 5.78 Å². The average Bonchev–Trinajstić information content (AvgIpc) is 2.82. The molecule has 0 N–H and O–H groups in total. The zero-order chi connectivity index (χ0) is 35.7. The van der Waals surface area contributed by atoms with E-state index >= 15 is 0 Å². The number of rotatable bonds is 2. The number of ketones is 3. The van der Waals surface area contributed by atoms with Crippen LogP contribution in [-0.2, 0) is 14.4 Å². The van der Waals surface area contributed by atoms with Crippen LogP contribution in [0.15, 0.2) is 81.0 Å². The van der Waals surface area contributed by atoms with Gasteiger partial charge in [-0.05, 0) is 80.9 Å². The number of hydrogen-bond donors (Lipinski definition) is 0. The molecule has 0 atom stereocenters. The molecule has 0 saturated carbocycles. The molecule has 0 bridgehead atoms. The molecule has 0 radical (unpaired) electrons. The molecule has 3 heteroatoms. The molecule has 0 aromatic carbocycles. The molecule has 3 rings (SSSR count). The van der Waals surface area contributed by atoms with Gasteiger partial charge in [0.2, 0.25) is 0 Å². The second kappa shape index (κ2) is 11.6. The largest absolute Gasteiger partial charge is 0.291 e. The van der Waals surface area contributed by atoms with Gasteiger partial charge in [0.15, 0.2) is 11.6 Å². The topological polar surface area (TPSA) is 51.2 Å². The van der Waals surface area contributed by atoms with Crippen molar-refractivity contribution in [3.63, 3.8) is 0 Å². The molecule has 0 saturated heterocycles. The smallest absolute Gasteiger partial charge is 0.289 e. The summed E-state index contributed by atoms with van der Waals surface area (Å²) in [6, 6.07) is 0. The summed E-state index contributed by atoms with van der Waals surface area (Å²) in [5, 5.41) is 0. The monoisotopic (exact) mass is 625 g/mol.